The summed E-state index contributed by atoms with van der Waals surface area (Å²) in [4.78, 5) is 23.4. The van der Waals surface area contributed by atoms with Gasteiger partial charge in [0.2, 0.25) is 0 Å². The van der Waals surface area contributed by atoms with E-state index in [4.69, 9.17) is 14.6 Å². The first kappa shape index (κ1) is 21.6. The lowest BCUT2D eigenvalue weighted by molar-refractivity contribution is -0.114. The molecule has 0 bridgehead atoms. The molecule has 0 saturated carbocycles. The number of para-hydroxylation sites is 1. The normalized spacial score (nSPS) is 11.0. The van der Waals surface area contributed by atoms with E-state index < -0.39 is 17.7 Å². The summed E-state index contributed by atoms with van der Waals surface area (Å²) < 4.78 is 25.5. The van der Waals surface area contributed by atoms with Crippen molar-refractivity contribution >= 4 is 23.6 Å². The first-order chi connectivity index (χ1) is 15.0. The van der Waals surface area contributed by atoms with Crippen molar-refractivity contribution in [2.45, 2.75) is 6.61 Å². The van der Waals surface area contributed by atoms with E-state index in [0.717, 1.165) is 11.6 Å². The van der Waals surface area contributed by atoms with Crippen molar-refractivity contribution in [3.8, 4) is 11.5 Å². The molecule has 3 aromatic rings. The van der Waals surface area contributed by atoms with Gasteiger partial charge in [-0.3, -0.25) is 4.79 Å². The number of amides is 1. The molecule has 0 fully saturated rings. The van der Waals surface area contributed by atoms with Crippen LogP contribution in [0.3, 0.4) is 0 Å². The molecule has 0 unspecified atom stereocenters. The van der Waals surface area contributed by atoms with Crippen LogP contribution in [0.2, 0.25) is 0 Å². The third-order valence-corrected chi connectivity index (χ3v) is 4.34. The molecule has 7 heteroatoms. The molecule has 0 heterocycles. The number of methoxy groups -OCH3 is 1. The Morgan fingerprint density at radius 3 is 2.42 bits per heavy atom. The summed E-state index contributed by atoms with van der Waals surface area (Å²) in [7, 11) is 1.46. The molecular weight excluding hydrogens is 401 g/mol. The summed E-state index contributed by atoms with van der Waals surface area (Å²) in [5.74, 6) is -2.51. The van der Waals surface area contributed by atoms with Crippen molar-refractivity contribution in [1.29, 1.82) is 0 Å². The number of aromatic carboxylic acids is 1. The highest BCUT2D eigenvalue weighted by atomic mass is 19.1. The number of halogens is 1. The Morgan fingerprint density at radius 2 is 1.71 bits per heavy atom. The van der Waals surface area contributed by atoms with Gasteiger partial charge < -0.3 is 19.9 Å². The van der Waals surface area contributed by atoms with Crippen LogP contribution in [0, 0.1) is 0 Å². The fraction of sp³-hybridized carbons (Fsp3) is 0.0833. The number of nitrogens with one attached hydrogen (secondary N) is 1. The van der Waals surface area contributed by atoms with Gasteiger partial charge in [-0.1, -0.05) is 48.5 Å². The van der Waals surface area contributed by atoms with Gasteiger partial charge >= 0.3 is 5.97 Å². The standard InChI is InChI=1S/C24H20FNO5/c1-30-22-14-17(11-12-21(22)31-15-16-7-3-2-4-8-16)13-19(25)23(27)26-20-10-6-5-9-18(20)24(28)29/h2-14H,15H2,1H3,(H,26,27)(H,28,29). The van der Waals surface area contributed by atoms with E-state index in [2.05, 4.69) is 5.32 Å². The molecule has 0 atom stereocenters. The van der Waals surface area contributed by atoms with E-state index in [1.807, 2.05) is 30.3 Å². The predicted molar refractivity (Wildman–Crippen MR) is 115 cm³/mol. The van der Waals surface area contributed by atoms with E-state index >= 15 is 0 Å². The zero-order chi connectivity index (χ0) is 22.2. The zero-order valence-corrected chi connectivity index (χ0v) is 16.7. The SMILES string of the molecule is COc1cc(C=C(F)C(=O)Nc2ccccc2C(=O)O)ccc1OCc1ccccc1. The first-order valence-electron chi connectivity index (χ1n) is 9.33. The van der Waals surface area contributed by atoms with E-state index in [1.165, 1.54) is 25.3 Å². The molecule has 3 aromatic carbocycles. The number of carboxylic acids is 1. The number of hydrogen-bond acceptors (Lipinski definition) is 4. The number of carbonyl (C=O) groups excluding carboxylic acids is 1. The maximum Gasteiger partial charge on any atom is 0.337 e. The van der Waals surface area contributed by atoms with E-state index in [9.17, 15) is 14.0 Å². The molecule has 0 aliphatic rings. The smallest absolute Gasteiger partial charge is 0.337 e. The average Bonchev–Trinajstić information content (AvgIpc) is 2.79. The summed E-state index contributed by atoms with van der Waals surface area (Å²) in [5.41, 5.74) is 1.23. The molecule has 31 heavy (non-hydrogen) atoms. The second kappa shape index (κ2) is 10.1. The first-order valence-corrected chi connectivity index (χ1v) is 9.33. The largest absolute Gasteiger partial charge is 0.493 e. The average molecular weight is 421 g/mol. The van der Waals surface area contributed by atoms with Crippen LogP contribution in [-0.2, 0) is 11.4 Å². The molecular formula is C24H20FNO5. The summed E-state index contributed by atoms with van der Waals surface area (Å²) >= 11 is 0. The Hall–Kier alpha value is -4.13. The highest BCUT2D eigenvalue weighted by Crippen LogP contribution is 2.30. The third kappa shape index (κ3) is 5.70. The van der Waals surface area contributed by atoms with Crippen molar-refractivity contribution in [2.75, 3.05) is 12.4 Å². The Balaban J connectivity index is 1.73. The van der Waals surface area contributed by atoms with Gasteiger partial charge in [0, 0.05) is 0 Å². The minimum atomic E-state index is -1.23. The minimum absolute atomic E-state index is 0.00536. The molecule has 1 amide bonds. The molecule has 0 radical (unpaired) electrons. The lowest BCUT2D eigenvalue weighted by Crippen LogP contribution is -2.14. The molecule has 0 aliphatic heterocycles. The van der Waals surface area contributed by atoms with Crippen LogP contribution in [-0.4, -0.2) is 24.1 Å². The Labute approximate surface area is 178 Å². The number of hydrogen-bond donors (Lipinski definition) is 2. The molecule has 0 aromatic heterocycles. The maximum atomic E-state index is 14.4. The van der Waals surface area contributed by atoms with E-state index in [0.29, 0.717) is 23.7 Å². The summed E-state index contributed by atoms with van der Waals surface area (Å²) in [6, 6.07) is 20.1. The van der Waals surface area contributed by atoms with Crippen LogP contribution in [0.15, 0.2) is 78.6 Å². The van der Waals surface area contributed by atoms with Crippen LogP contribution in [0.25, 0.3) is 6.08 Å². The number of ether oxygens (including phenoxy) is 2. The quantitative estimate of drug-likeness (QED) is 0.504. The highest BCUT2D eigenvalue weighted by molar-refractivity contribution is 6.08. The lowest BCUT2D eigenvalue weighted by Gasteiger charge is -2.11. The Morgan fingerprint density at radius 1 is 1.00 bits per heavy atom. The van der Waals surface area contributed by atoms with Gasteiger partial charge in [-0.25, -0.2) is 9.18 Å². The van der Waals surface area contributed by atoms with E-state index in [-0.39, 0.29) is 11.3 Å². The monoisotopic (exact) mass is 421 g/mol. The minimum Gasteiger partial charge on any atom is -0.493 e. The molecule has 3 rings (SSSR count). The highest BCUT2D eigenvalue weighted by Gasteiger charge is 2.15. The molecule has 0 spiro atoms. The second-order valence-electron chi connectivity index (χ2n) is 6.48. The topological polar surface area (TPSA) is 84.9 Å². The fourth-order valence-corrected chi connectivity index (χ4v) is 2.80. The Bertz CT molecular complexity index is 1110. The number of benzene rings is 3. The van der Waals surface area contributed by atoms with Crippen molar-refractivity contribution < 1.29 is 28.6 Å². The van der Waals surface area contributed by atoms with Crippen molar-refractivity contribution in [2.24, 2.45) is 0 Å². The van der Waals surface area contributed by atoms with Crippen molar-refractivity contribution in [3.63, 3.8) is 0 Å². The van der Waals surface area contributed by atoms with Gasteiger partial charge in [0.15, 0.2) is 17.3 Å². The number of carbonyl (C=O) groups is 2. The summed E-state index contributed by atoms with van der Waals surface area (Å²) in [6.07, 6.45) is 1.03. The third-order valence-electron chi connectivity index (χ3n) is 4.34. The molecule has 0 saturated heterocycles. The Kier molecular flexibility index (Phi) is 7.01. The van der Waals surface area contributed by atoms with Crippen molar-refractivity contribution in [3.05, 3.63) is 95.3 Å². The molecule has 2 N–H and O–H groups in total. The van der Waals surface area contributed by atoms with Crippen molar-refractivity contribution in [1.82, 2.24) is 0 Å². The second-order valence-corrected chi connectivity index (χ2v) is 6.48. The van der Waals surface area contributed by atoms with Crippen LogP contribution in [0.1, 0.15) is 21.5 Å². The van der Waals surface area contributed by atoms with Crippen LogP contribution in [0.5, 0.6) is 11.5 Å². The maximum absolute atomic E-state index is 14.4. The van der Waals surface area contributed by atoms with Crippen LogP contribution >= 0.6 is 0 Å². The summed E-state index contributed by atoms with van der Waals surface area (Å²) in [5, 5.41) is 11.4. The number of anilines is 1. The van der Waals surface area contributed by atoms with Gasteiger partial charge in [-0.05, 0) is 41.5 Å². The van der Waals surface area contributed by atoms with Gasteiger partial charge in [-0.2, -0.15) is 0 Å². The van der Waals surface area contributed by atoms with Gasteiger partial charge in [0.1, 0.15) is 6.61 Å². The number of carboxylic acid groups (broad SMARTS) is 1. The summed E-state index contributed by atoms with van der Waals surface area (Å²) in [6.45, 7) is 0.339. The predicted octanol–water partition coefficient (Wildman–Crippen LogP) is 4.92. The van der Waals surface area contributed by atoms with Crippen LogP contribution in [0.4, 0.5) is 10.1 Å². The molecule has 6 nitrogen and oxygen atoms in total. The lowest BCUT2D eigenvalue weighted by atomic mass is 10.1. The van der Waals surface area contributed by atoms with E-state index in [1.54, 1.807) is 24.3 Å². The van der Waals surface area contributed by atoms with Crippen LogP contribution < -0.4 is 14.8 Å². The van der Waals surface area contributed by atoms with Gasteiger partial charge in [0.05, 0.1) is 18.4 Å². The fourth-order valence-electron chi connectivity index (χ4n) is 2.80. The molecule has 0 aliphatic carbocycles. The van der Waals surface area contributed by atoms with Gasteiger partial charge in [-0.15, -0.1) is 0 Å². The number of rotatable bonds is 8. The molecule has 158 valence electrons. The zero-order valence-electron chi connectivity index (χ0n) is 16.7. The van der Waals surface area contributed by atoms with Gasteiger partial charge in [0.25, 0.3) is 5.91 Å².